The number of aromatic nitrogens is 2. The third kappa shape index (κ3) is 3.48. The van der Waals surface area contributed by atoms with E-state index in [9.17, 15) is 0 Å². The summed E-state index contributed by atoms with van der Waals surface area (Å²) < 4.78 is 0. The van der Waals surface area contributed by atoms with Crippen LogP contribution in [0, 0.1) is 6.92 Å². The van der Waals surface area contributed by atoms with Crippen molar-refractivity contribution in [2.45, 2.75) is 71.0 Å². The first-order chi connectivity index (χ1) is 9.78. The summed E-state index contributed by atoms with van der Waals surface area (Å²) in [4.78, 5) is 11.8. The Morgan fingerprint density at radius 3 is 2.70 bits per heavy atom. The van der Waals surface area contributed by atoms with Gasteiger partial charge in [-0.15, -0.1) is 0 Å². The van der Waals surface area contributed by atoms with Crippen LogP contribution in [0.4, 0.5) is 5.95 Å². The Hall–Kier alpha value is -1.16. The van der Waals surface area contributed by atoms with Crippen molar-refractivity contribution in [1.82, 2.24) is 15.3 Å². The maximum Gasteiger partial charge on any atom is 0.225 e. The molecule has 2 aliphatic rings. The molecule has 0 atom stereocenters. The number of nitrogens with zero attached hydrogens (tertiary/aromatic N) is 3. The van der Waals surface area contributed by atoms with Gasteiger partial charge in [-0.1, -0.05) is 13.3 Å². The molecule has 4 heteroatoms. The molecule has 0 radical (unpaired) electrons. The van der Waals surface area contributed by atoms with E-state index in [1.165, 1.54) is 44.1 Å². The van der Waals surface area contributed by atoms with Crippen LogP contribution in [-0.4, -0.2) is 28.6 Å². The Labute approximate surface area is 122 Å². The van der Waals surface area contributed by atoms with Gasteiger partial charge < -0.3 is 10.2 Å². The Morgan fingerprint density at radius 2 is 2.10 bits per heavy atom. The fraction of sp³-hybridized carbons (Fsp3) is 0.750. The van der Waals surface area contributed by atoms with E-state index in [1.807, 2.05) is 6.20 Å². The first-order valence-electron chi connectivity index (χ1n) is 8.10. The minimum Gasteiger partial charge on any atom is -0.338 e. The fourth-order valence-corrected chi connectivity index (χ4v) is 2.49. The topological polar surface area (TPSA) is 41.1 Å². The molecule has 0 amide bonds. The molecule has 20 heavy (non-hydrogen) atoms. The van der Waals surface area contributed by atoms with E-state index in [4.69, 9.17) is 4.98 Å². The molecule has 1 N–H and O–H groups in total. The molecule has 0 spiro atoms. The van der Waals surface area contributed by atoms with Gasteiger partial charge in [0.1, 0.15) is 0 Å². The van der Waals surface area contributed by atoms with Gasteiger partial charge in [0.15, 0.2) is 0 Å². The van der Waals surface area contributed by atoms with Gasteiger partial charge in [0.05, 0.1) is 0 Å². The number of hydrogen-bond acceptors (Lipinski definition) is 4. The molecule has 1 aromatic heterocycles. The minimum absolute atomic E-state index is 0.691. The van der Waals surface area contributed by atoms with Crippen LogP contribution >= 0.6 is 0 Å². The zero-order valence-corrected chi connectivity index (χ0v) is 12.7. The third-order valence-corrected chi connectivity index (χ3v) is 4.22. The number of rotatable bonds is 8. The smallest absolute Gasteiger partial charge is 0.225 e. The molecular weight excluding hydrogens is 248 g/mol. The zero-order valence-electron chi connectivity index (χ0n) is 12.7. The molecule has 0 aromatic carbocycles. The molecule has 2 saturated carbocycles. The average molecular weight is 274 g/mol. The van der Waals surface area contributed by atoms with Crippen molar-refractivity contribution in [1.29, 1.82) is 0 Å². The lowest BCUT2D eigenvalue weighted by molar-refractivity contribution is 0.669. The molecule has 1 aromatic rings. The maximum absolute atomic E-state index is 4.76. The van der Waals surface area contributed by atoms with Crippen LogP contribution in [0.2, 0.25) is 0 Å². The van der Waals surface area contributed by atoms with E-state index in [-0.39, 0.29) is 0 Å². The van der Waals surface area contributed by atoms with Crippen molar-refractivity contribution in [2.24, 2.45) is 0 Å². The average Bonchev–Trinajstić information content (AvgIpc) is 3.31. The summed E-state index contributed by atoms with van der Waals surface area (Å²) in [7, 11) is 0. The monoisotopic (exact) mass is 274 g/mol. The summed E-state index contributed by atoms with van der Waals surface area (Å²) in [5.74, 6) is 0.939. The molecular formula is C16H26N4. The number of nitrogens with one attached hydrogen (secondary N) is 1. The minimum atomic E-state index is 0.691. The Bertz CT molecular complexity index is 452. The van der Waals surface area contributed by atoms with Gasteiger partial charge in [0, 0.05) is 42.6 Å². The first kappa shape index (κ1) is 13.8. The van der Waals surface area contributed by atoms with Crippen molar-refractivity contribution >= 4 is 5.95 Å². The van der Waals surface area contributed by atoms with Crippen LogP contribution in [-0.2, 0) is 6.54 Å². The maximum atomic E-state index is 4.76. The summed E-state index contributed by atoms with van der Waals surface area (Å²) in [6, 6.07) is 1.43. The highest BCUT2D eigenvalue weighted by atomic mass is 15.3. The summed E-state index contributed by atoms with van der Waals surface area (Å²) >= 11 is 0. The van der Waals surface area contributed by atoms with E-state index in [0.717, 1.165) is 30.8 Å². The van der Waals surface area contributed by atoms with Crippen molar-refractivity contribution in [2.75, 3.05) is 11.4 Å². The lowest BCUT2D eigenvalue weighted by atomic mass is 10.2. The highest BCUT2D eigenvalue weighted by Gasteiger charge is 2.30. The van der Waals surface area contributed by atoms with Crippen LogP contribution < -0.4 is 10.2 Å². The molecule has 3 rings (SSSR count). The van der Waals surface area contributed by atoms with Crippen molar-refractivity contribution in [3.05, 3.63) is 17.5 Å². The van der Waals surface area contributed by atoms with Gasteiger partial charge in [0.25, 0.3) is 0 Å². The highest BCUT2D eigenvalue weighted by molar-refractivity contribution is 5.36. The lowest BCUT2D eigenvalue weighted by Crippen LogP contribution is -2.29. The molecule has 0 aliphatic heterocycles. The molecule has 0 unspecified atom stereocenters. The SMILES string of the molecule is CCCCN(c1ncc(CNC2CC2)c(C)n1)C1CC1. The Kier molecular flexibility index (Phi) is 4.20. The van der Waals surface area contributed by atoms with Crippen molar-refractivity contribution in [3.8, 4) is 0 Å². The highest BCUT2D eigenvalue weighted by Crippen LogP contribution is 2.30. The second-order valence-corrected chi connectivity index (χ2v) is 6.21. The van der Waals surface area contributed by atoms with Crippen LogP contribution in [0.15, 0.2) is 6.20 Å². The van der Waals surface area contributed by atoms with Crippen molar-refractivity contribution < 1.29 is 0 Å². The standard InChI is InChI=1S/C16H26N4/c1-3-4-9-20(15-7-8-15)16-18-11-13(12(2)19-16)10-17-14-5-6-14/h11,14-15,17H,3-10H2,1-2H3. The second kappa shape index (κ2) is 6.08. The number of anilines is 1. The summed E-state index contributed by atoms with van der Waals surface area (Å²) in [5.41, 5.74) is 2.37. The van der Waals surface area contributed by atoms with Gasteiger partial charge in [-0.2, -0.15) is 0 Å². The molecule has 0 bridgehead atoms. The van der Waals surface area contributed by atoms with Gasteiger partial charge in [0.2, 0.25) is 5.95 Å². The molecule has 2 aliphatic carbocycles. The number of unbranched alkanes of at least 4 members (excludes halogenated alkanes) is 1. The first-order valence-corrected chi connectivity index (χ1v) is 8.10. The van der Waals surface area contributed by atoms with Crippen LogP contribution in [0.3, 0.4) is 0 Å². The fourth-order valence-electron chi connectivity index (χ4n) is 2.49. The van der Waals surface area contributed by atoms with E-state index >= 15 is 0 Å². The lowest BCUT2D eigenvalue weighted by Gasteiger charge is -2.22. The Morgan fingerprint density at radius 1 is 1.30 bits per heavy atom. The van der Waals surface area contributed by atoms with Gasteiger partial charge >= 0.3 is 0 Å². The summed E-state index contributed by atoms with van der Waals surface area (Å²) in [5, 5.41) is 3.54. The molecule has 110 valence electrons. The molecule has 1 heterocycles. The number of hydrogen-bond donors (Lipinski definition) is 1. The molecule has 2 fully saturated rings. The summed E-state index contributed by atoms with van der Waals surface area (Å²) in [6.07, 6.45) is 9.73. The van der Waals surface area contributed by atoms with Crippen LogP contribution in [0.1, 0.15) is 56.7 Å². The number of aryl methyl sites for hydroxylation is 1. The van der Waals surface area contributed by atoms with Gasteiger partial charge in [-0.3, -0.25) is 0 Å². The van der Waals surface area contributed by atoms with Crippen LogP contribution in [0.5, 0.6) is 0 Å². The van der Waals surface area contributed by atoms with E-state index in [2.05, 4.69) is 29.0 Å². The summed E-state index contributed by atoms with van der Waals surface area (Å²) in [6.45, 7) is 6.36. The van der Waals surface area contributed by atoms with Gasteiger partial charge in [-0.05, 0) is 39.0 Å². The Balaban J connectivity index is 1.66. The van der Waals surface area contributed by atoms with E-state index in [1.54, 1.807) is 0 Å². The van der Waals surface area contributed by atoms with Gasteiger partial charge in [-0.25, -0.2) is 9.97 Å². The van der Waals surface area contributed by atoms with E-state index < -0.39 is 0 Å². The third-order valence-electron chi connectivity index (χ3n) is 4.22. The quantitative estimate of drug-likeness (QED) is 0.791. The zero-order chi connectivity index (χ0) is 13.9. The predicted molar refractivity (Wildman–Crippen MR) is 81.9 cm³/mol. The normalized spacial score (nSPS) is 18.3. The largest absolute Gasteiger partial charge is 0.338 e. The van der Waals surface area contributed by atoms with Crippen molar-refractivity contribution in [3.63, 3.8) is 0 Å². The second-order valence-electron chi connectivity index (χ2n) is 6.21. The van der Waals surface area contributed by atoms with Crippen LogP contribution in [0.25, 0.3) is 0 Å². The predicted octanol–water partition coefficient (Wildman–Crippen LogP) is 2.81. The van der Waals surface area contributed by atoms with E-state index in [0.29, 0.717) is 6.04 Å². The molecule has 4 nitrogen and oxygen atoms in total. The molecule has 0 saturated heterocycles.